The number of halogens is 1. The van der Waals surface area contributed by atoms with Gasteiger partial charge in [-0.3, -0.25) is 9.48 Å². The van der Waals surface area contributed by atoms with E-state index in [4.69, 9.17) is 0 Å². The minimum absolute atomic E-state index is 0.241. The zero-order valence-corrected chi connectivity index (χ0v) is 17.9. The van der Waals surface area contributed by atoms with Gasteiger partial charge in [0, 0.05) is 37.1 Å². The normalized spacial score (nSPS) is 15.7. The number of carbonyl (C=O) groups excluding carboxylic acids is 1. The highest BCUT2D eigenvalue weighted by Crippen LogP contribution is 2.34. The number of imidazole rings is 1. The molecule has 1 fully saturated rings. The zero-order chi connectivity index (χ0) is 21.7. The van der Waals surface area contributed by atoms with Crippen molar-refractivity contribution in [2.24, 2.45) is 7.05 Å². The molecule has 3 aromatic heterocycles. The van der Waals surface area contributed by atoms with Crippen LogP contribution >= 0.6 is 0 Å². The number of aromatic nitrogens is 4. The van der Waals surface area contributed by atoms with Crippen LogP contribution in [-0.2, 0) is 7.05 Å². The zero-order valence-electron chi connectivity index (χ0n) is 17.9. The summed E-state index contributed by atoms with van der Waals surface area (Å²) in [6.07, 6.45) is 7.56. The molecular formula is C23H25FN6O. The van der Waals surface area contributed by atoms with Crippen molar-refractivity contribution in [2.45, 2.75) is 25.7 Å². The van der Waals surface area contributed by atoms with E-state index in [-0.39, 0.29) is 11.6 Å². The van der Waals surface area contributed by atoms with Gasteiger partial charge in [0.2, 0.25) is 0 Å². The standard InChI is InChI=1S/C23H25FN6O/c1-14-11-30-12-16(10-20(24)22(30)25-14)26-23(31)18-5-4-17(15-6-8-28(2)9-7-15)19-13-29(3)27-21(18)19/h4-5,10-13,15H,6-9H2,1-3H3,(H,26,31). The molecule has 7 nitrogen and oxygen atoms in total. The lowest BCUT2D eigenvalue weighted by molar-refractivity contribution is 0.102. The van der Waals surface area contributed by atoms with Crippen molar-refractivity contribution in [1.29, 1.82) is 0 Å². The van der Waals surface area contributed by atoms with Crippen molar-refractivity contribution >= 4 is 28.1 Å². The van der Waals surface area contributed by atoms with E-state index in [0.29, 0.717) is 28.4 Å². The third-order valence-corrected chi connectivity index (χ3v) is 6.11. The molecule has 4 aromatic rings. The average molecular weight is 420 g/mol. The Morgan fingerprint density at radius 1 is 1.16 bits per heavy atom. The van der Waals surface area contributed by atoms with Gasteiger partial charge < -0.3 is 14.6 Å². The van der Waals surface area contributed by atoms with Crippen LogP contribution < -0.4 is 5.32 Å². The number of likely N-dealkylation sites (tertiary alicyclic amines) is 1. The number of carbonyl (C=O) groups is 1. The van der Waals surface area contributed by atoms with Gasteiger partial charge in [-0.1, -0.05) is 6.07 Å². The Balaban J connectivity index is 1.49. The Hall–Kier alpha value is -3.26. The molecule has 1 saturated heterocycles. The fraction of sp³-hybridized carbons (Fsp3) is 0.348. The molecule has 1 aliphatic rings. The molecule has 0 spiro atoms. The minimum Gasteiger partial charge on any atom is -0.320 e. The Morgan fingerprint density at radius 3 is 2.71 bits per heavy atom. The van der Waals surface area contributed by atoms with E-state index < -0.39 is 5.82 Å². The maximum Gasteiger partial charge on any atom is 0.257 e. The lowest BCUT2D eigenvalue weighted by Gasteiger charge is -2.29. The number of anilines is 1. The van der Waals surface area contributed by atoms with Gasteiger partial charge in [-0.25, -0.2) is 9.37 Å². The first kappa shape index (κ1) is 19.7. The molecule has 1 aromatic carbocycles. The highest BCUT2D eigenvalue weighted by molar-refractivity contribution is 6.12. The fourth-order valence-corrected chi connectivity index (χ4v) is 4.55. The Kier molecular flexibility index (Phi) is 4.74. The van der Waals surface area contributed by atoms with Crippen molar-refractivity contribution in [2.75, 3.05) is 25.5 Å². The number of rotatable bonds is 3. The number of piperidine rings is 1. The summed E-state index contributed by atoms with van der Waals surface area (Å²) in [7, 11) is 4.01. The minimum atomic E-state index is -0.480. The van der Waals surface area contributed by atoms with Crippen molar-refractivity contribution in [3.8, 4) is 0 Å². The van der Waals surface area contributed by atoms with Gasteiger partial charge in [0.1, 0.15) is 5.52 Å². The van der Waals surface area contributed by atoms with Crippen molar-refractivity contribution in [1.82, 2.24) is 24.1 Å². The second-order valence-electron chi connectivity index (χ2n) is 8.49. The topological polar surface area (TPSA) is 67.5 Å². The molecule has 8 heteroatoms. The second kappa shape index (κ2) is 7.46. The maximum atomic E-state index is 14.4. The van der Waals surface area contributed by atoms with Gasteiger partial charge in [-0.15, -0.1) is 0 Å². The molecule has 5 rings (SSSR count). The summed E-state index contributed by atoms with van der Waals surface area (Å²) in [5, 5.41) is 8.41. The summed E-state index contributed by atoms with van der Waals surface area (Å²) >= 11 is 0. The lowest BCUT2D eigenvalue weighted by Crippen LogP contribution is -2.29. The van der Waals surface area contributed by atoms with E-state index in [2.05, 4.69) is 33.4 Å². The van der Waals surface area contributed by atoms with Gasteiger partial charge in [0.05, 0.1) is 16.9 Å². The van der Waals surface area contributed by atoms with Gasteiger partial charge in [-0.2, -0.15) is 5.10 Å². The molecule has 0 saturated carbocycles. The SMILES string of the molecule is Cc1cn2cc(NC(=O)c3ccc(C4CCN(C)CC4)c4cn(C)nc34)cc(F)c2n1. The molecule has 0 atom stereocenters. The summed E-state index contributed by atoms with van der Waals surface area (Å²) in [5.41, 5.74) is 3.73. The number of pyridine rings is 1. The van der Waals surface area contributed by atoms with Crippen LogP contribution in [0, 0.1) is 12.7 Å². The number of hydrogen-bond acceptors (Lipinski definition) is 4. The van der Waals surface area contributed by atoms with Gasteiger partial charge >= 0.3 is 0 Å². The first-order valence-electron chi connectivity index (χ1n) is 10.5. The summed E-state index contributed by atoms with van der Waals surface area (Å²) in [6, 6.07) is 5.19. The van der Waals surface area contributed by atoms with Crippen molar-refractivity contribution in [3.05, 3.63) is 59.4 Å². The van der Waals surface area contributed by atoms with Gasteiger partial charge in [-0.05, 0) is 57.5 Å². The van der Waals surface area contributed by atoms with Crippen LogP contribution in [-0.4, -0.2) is 50.1 Å². The van der Waals surface area contributed by atoms with E-state index in [1.54, 1.807) is 28.4 Å². The maximum absolute atomic E-state index is 14.4. The second-order valence-corrected chi connectivity index (χ2v) is 8.49. The van der Waals surface area contributed by atoms with Crippen LogP contribution in [0.1, 0.15) is 40.4 Å². The molecular weight excluding hydrogens is 395 g/mol. The lowest BCUT2D eigenvalue weighted by atomic mass is 9.87. The highest BCUT2D eigenvalue weighted by atomic mass is 19.1. The molecule has 0 bridgehead atoms. The summed E-state index contributed by atoms with van der Waals surface area (Å²) in [5.74, 6) is -0.332. The number of nitrogens with one attached hydrogen (secondary N) is 1. The van der Waals surface area contributed by atoms with Crippen LogP contribution in [0.3, 0.4) is 0 Å². The largest absolute Gasteiger partial charge is 0.320 e. The smallest absolute Gasteiger partial charge is 0.257 e. The summed E-state index contributed by atoms with van der Waals surface area (Å²) in [6.45, 7) is 3.93. The monoisotopic (exact) mass is 420 g/mol. The van der Waals surface area contributed by atoms with Crippen molar-refractivity contribution < 1.29 is 9.18 Å². The van der Waals surface area contributed by atoms with E-state index in [0.717, 1.165) is 31.3 Å². The Labute approximate surface area is 179 Å². The third kappa shape index (κ3) is 3.57. The van der Waals surface area contributed by atoms with Crippen LogP contribution in [0.2, 0.25) is 0 Å². The summed E-state index contributed by atoms with van der Waals surface area (Å²) < 4.78 is 17.7. The molecule has 0 aliphatic carbocycles. The predicted octanol–water partition coefficient (Wildman–Crippen LogP) is 3.73. The van der Waals surface area contributed by atoms with E-state index in [9.17, 15) is 9.18 Å². The molecule has 1 aliphatic heterocycles. The Bertz CT molecular complexity index is 1300. The van der Waals surface area contributed by atoms with Crippen molar-refractivity contribution in [3.63, 3.8) is 0 Å². The molecule has 4 heterocycles. The van der Waals surface area contributed by atoms with Crippen LogP contribution in [0.25, 0.3) is 16.6 Å². The molecule has 0 radical (unpaired) electrons. The highest BCUT2D eigenvalue weighted by Gasteiger charge is 2.23. The number of fused-ring (bicyclic) bond motifs is 2. The number of amides is 1. The van der Waals surface area contributed by atoms with E-state index in [1.165, 1.54) is 11.6 Å². The quantitative estimate of drug-likeness (QED) is 0.548. The predicted molar refractivity (Wildman–Crippen MR) is 118 cm³/mol. The summed E-state index contributed by atoms with van der Waals surface area (Å²) in [4.78, 5) is 19.6. The van der Waals surface area contributed by atoms with Gasteiger partial charge in [0.15, 0.2) is 11.5 Å². The van der Waals surface area contributed by atoms with Gasteiger partial charge in [0.25, 0.3) is 5.91 Å². The first-order valence-corrected chi connectivity index (χ1v) is 10.5. The number of aryl methyl sites for hydroxylation is 2. The first-order chi connectivity index (χ1) is 14.9. The van der Waals surface area contributed by atoms with Crippen LogP contribution in [0.4, 0.5) is 10.1 Å². The van der Waals surface area contributed by atoms with Crippen LogP contribution in [0.15, 0.2) is 36.8 Å². The van der Waals surface area contributed by atoms with E-state index >= 15 is 0 Å². The third-order valence-electron chi connectivity index (χ3n) is 6.11. The number of benzene rings is 1. The molecule has 1 amide bonds. The van der Waals surface area contributed by atoms with E-state index in [1.807, 2.05) is 19.3 Å². The Morgan fingerprint density at radius 2 is 1.94 bits per heavy atom. The van der Waals surface area contributed by atoms with Crippen LogP contribution in [0.5, 0.6) is 0 Å². The number of hydrogen-bond donors (Lipinski definition) is 1. The molecule has 31 heavy (non-hydrogen) atoms. The number of nitrogens with zero attached hydrogens (tertiary/aromatic N) is 5. The molecule has 1 N–H and O–H groups in total. The molecule has 0 unspecified atom stereocenters. The molecule has 160 valence electrons. The fourth-order valence-electron chi connectivity index (χ4n) is 4.55. The average Bonchev–Trinajstić information content (AvgIpc) is 3.29.